The van der Waals surface area contributed by atoms with Gasteiger partial charge in [0.1, 0.15) is 0 Å². The molecule has 30 heavy (non-hydrogen) atoms. The summed E-state index contributed by atoms with van der Waals surface area (Å²) < 4.78 is 60.9. The number of halogens is 3. The fourth-order valence-corrected chi connectivity index (χ4v) is 3.97. The molecule has 0 radical (unpaired) electrons. The predicted molar refractivity (Wildman–Crippen MR) is 104 cm³/mol. The van der Waals surface area contributed by atoms with Gasteiger partial charge in [-0.05, 0) is 55.7 Å². The summed E-state index contributed by atoms with van der Waals surface area (Å²) >= 11 is 0. The van der Waals surface area contributed by atoms with Gasteiger partial charge in [0.2, 0.25) is 0 Å². The fraction of sp³-hybridized carbons (Fsp3) is 0.300. The Morgan fingerprint density at radius 1 is 1.00 bits per heavy atom. The summed E-state index contributed by atoms with van der Waals surface area (Å²) in [7, 11) is -5.49. The molecule has 160 valence electrons. The number of benzene rings is 2. The van der Waals surface area contributed by atoms with Crippen molar-refractivity contribution >= 4 is 27.3 Å². The Bertz CT molecular complexity index is 1070. The minimum absolute atomic E-state index is 0.0426. The van der Waals surface area contributed by atoms with Crippen molar-refractivity contribution in [2.45, 2.75) is 30.2 Å². The number of sulfone groups is 1. The summed E-state index contributed by atoms with van der Waals surface area (Å²) in [5.41, 5.74) is -4.19. The molecule has 2 amide bonds. The molecule has 1 saturated heterocycles. The van der Waals surface area contributed by atoms with Gasteiger partial charge in [0.25, 0.3) is 21.7 Å². The van der Waals surface area contributed by atoms with E-state index in [0.29, 0.717) is 29.9 Å². The maximum absolute atomic E-state index is 12.8. The van der Waals surface area contributed by atoms with Crippen molar-refractivity contribution in [2.75, 3.05) is 18.4 Å². The number of carbonyl (C=O) groups is 2. The number of para-hydroxylation sites is 1. The average molecular weight is 440 g/mol. The lowest BCUT2D eigenvalue weighted by Gasteiger charge is -2.19. The van der Waals surface area contributed by atoms with E-state index in [1.165, 1.54) is 0 Å². The van der Waals surface area contributed by atoms with Gasteiger partial charge in [0, 0.05) is 18.7 Å². The Morgan fingerprint density at radius 3 is 2.17 bits per heavy atom. The summed E-state index contributed by atoms with van der Waals surface area (Å²) in [6.07, 6.45) is 1.82. The number of carbonyl (C=O) groups excluding carboxylic acids is 2. The van der Waals surface area contributed by atoms with Gasteiger partial charge in [-0.3, -0.25) is 9.59 Å². The molecule has 2 aromatic carbocycles. The number of likely N-dealkylation sites (tertiary alicyclic amines) is 1. The van der Waals surface area contributed by atoms with Crippen LogP contribution in [0.15, 0.2) is 47.4 Å². The fourth-order valence-electron chi connectivity index (χ4n) is 3.21. The first-order valence-corrected chi connectivity index (χ1v) is 10.6. The first-order valence-electron chi connectivity index (χ1n) is 9.14. The summed E-state index contributed by atoms with van der Waals surface area (Å²) in [5.74, 6) is -0.881. The minimum Gasteiger partial charge on any atom is -0.339 e. The van der Waals surface area contributed by atoms with Crippen LogP contribution in [-0.2, 0) is 9.84 Å². The molecule has 2 aromatic rings. The normalized spacial score (nSPS) is 14.6. The first-order chi connectivity index (χ1) is 14.0. The molecule has 1 N–H and O–H groups in total. The van der Waals surface area contributed by atoms with E-state index >= 15 is 0 Å². The minimum atomic E-state index is -5.49. The van der Waals surface area contributed by atoms with Gasteiger partial charge in [0.05, 0.1) is 16.1 Å². The van der Waals surface area contributed by atoms with Crippen LogP contribution < -0.4 is 5.32 Å². The highest BCUT2D eigenvalue weighted by atomic mass is 32.2. The van der Waals surface area contributed by atoms with Gasteiger partial charge in [-0.1, -0.05) is 12.1 Å². The highest BCUT2D eigenvalue weighted by Crippen LogP contribution is 2.30. The Labute approximate surface area is 171 Å². The topological polar surface area (TPSA) is 83.6 Å². The first kappa shape index (κ1) is 21.8. The largest absolute Gasteiger partial charge is 0.501 e. The Hall–Kier alpha value is -2.88. The summed E-state index contributed by atoms with van der Waals surface area (Å²) in [6.45, 7) is 2.99. The maximum Gasteiger partial charge on any atom is 0.501 e. The van der Waals surface area contributed by atoms with E-state index in [0.717, 1.165) is 37.1 Å². The van der Waals surface area contributed by atoms with Gasteiger partial charge in [-0.25, -0.2) is 8.42 Å². The lowest BCUT2D eigenvalue weighted by molar-refractivity contribution is -0.0436. The van der Waals surface area contributed by atoms with Crippen molar-refractivity contribution in [3.05, 3.63) is 59.2 Å². The number of nitrogens with one attached hydrogen (secondary N) is 1. The monoisotopic (exact) mass is 440 g/mol. The Morgan fingerprint density at radius 2 is 1.60 bits per heavy atom. The van der Waals surface area contributed by atoms with Gasteiger partial charge in [-0.15, -0.1) is 0 Å². The van der Waals surface area contributed by atoms with E-state index in [2.05, 4.69) is 5.32 Å². The van der Waals surface area contributed by atoms with Crippen molar-refractivity contribution in [1.29, 1.82) is 0 Å². The zero-order valence-electron chi connectivity index (χ0n) is 16.0. The molecule has 1 aliphatic rings. The highest BCUT2D eigenvalue weighted by molar-refractivity contribution is 7.92. The predicted octanol–water partition coefficient (Wildman–Crippen LogP) is 3.78. The second-order valence-electron chi connectivity index (χ2n) is 6.92. The molecule has 1 heterocycles. The smallest absolute Gasteiger partial charge is 0.339 e. The zero-order valence-corrected chi connectivity index (χ0v) is 16.8. The molecule has 0 unspecified atom stereocenters. The van der Waals surface area contributed by atoms with Crippen molar-refractivity contribution in [2.24, 2.45) is 0 Å². The van der Waals surface area contributed by atoms with Crippen LogP contribution >= 0.6 is 0 Å². The average Bonchev–Trinajstić information content (AvgIpc) is 3.23. The molecule has 10 heteroatoms. The maximum atomic E-state index is 12.8. The van der Waals surface area contributed by atoms with Gasteiger partial charge < -0.3 is 10.2 Å². The van der Waals surface area contributed by atoms with Crippen molar-refractivity contribution in [3.8, 4) is 0 Å². The molecule has 3 rings (SSSR count). The number of nitrogens with zero attached hydrogens (tertiary/aromatic N) is 1. The lowest BCUT2D eigenvalue weighted by Crippen LogP contribution is -2.29. The highest BCUT2D eigenvalue weighted by Gasteiger charge is 2.46. The number of hydrogen-bond acceptors (Lipinski definition) is 4. The van der Waals surface area contributed by atoms with Crippen LogP contribution in [0.1, 0.15) is 39.1 Å². The van der Waals surface area contributed by atoms with Crippen LogP contribution in [-0.4, -0.2) is 43.7 Å². The number of alkyl halides is 3. The third-order valence-corrected chi connectivity index (χ3v) is 6.37. The molecule has 0 saturated carbocycles. The molecular weight excluding hydrogens is 421 g/mol. The third-order valence-electron chi connectivity index (χ3n) is 4.87. The SMILES string of the molecule is Cc1cccc(C(=O)N2CCCC2)c1NC(=O)c1ccc(S(=O)(=O)C(F)(F)F)cc1. The molecular formula is C20H19F3N2O4S. The number of anilines is 1. The summed E-state index contributed by atoms with van der Waals surface area (Å²) in [4.78, 5) is 26.1. The molecule has 1 aliphatic heterocycles. The van der Waals surface area contributed by atoms with E-state index in [4.69, 9.17) is 0 Å². The lowest BCUT2D eigenvalue weighted by atomic mass is 10.1. The quantitative estimate of drug-likeness (QED) is 0.785. The van der Waals surface area contributed by atoms with Crippen LogP contribution in [0.3, 0.4) is 0 Å². The van der Waals surface area contributed by atoms with Crippen LogP contribution in [0.5, 0.6) is 0 Å². The molecule has 1 fully saturated rings. The Kier molecular flexibility index (Phi) is 5.89. The van der Waals surface area contributed by atoms with E-state index in [-0.39, 0.29) is 11.5 Å². The number of rotatable bonds is 4. The van der Waals surface area contributed by atoms with Gasteiger partial charge in [-0.2, -0.15) is 13.2 Å². The molecule has 0 atom stereocenters. The van der Waals surface area contributed by atoms with E-state index in [9.17, 15) is 31.2 Å². The number of amides is 2. The summed E-state index contributed by atoms with van der Waals surface area (Å²) in [5, 5.41) is 2.63. The summed E-state index contributed by atoms with van der Waals surface area (Å²) in [6, 6.07) is 8.46. The van der Waals surface area contributed by atoms with Crippen LogP contribution in [0, 0.1) is 6.92 Å². The van der Waals surface area contributed by atoms with E-state index in [1.54, 1.807) is 30.0 Å². The molecule has 6 nitrogen and oxygen atoms in total. The van der Waals surface area contributed by atoms with Crippen LogP contribution in [0.2, 0.25) is 0 Å². The number of hydrogen-bond donors (Lipinski definition) is 1. The standard InChI is InChI=1S/C20H19F3N2O4S/c1-13-5-4-6-16(19(27)25-11-2-3-12-25)17(13)24-18(26)14-7-9-15(10-8-14)30(28,29)20(21,22)23/h4-10H,2-3,11-12H2,1H3,(H,24,26). The van der Waals surface area contributed by atoms with Crippen molar-refractivity contribution in [1.82, 2.24) is 4.90 Å². The molecule has 0 aromatic heterocycles. The molecule has 0 aliphatic carbocycles. The van der Waals surface area contributed by atoms with Crippen molar-refractivity contribution < 1.29 is 31.2 Å². The second kappa shape index (κ2) is 8.10. The van der Waals surface area contributed by atoms with Crippen molar-refractivity contribution in [3.63, 3.8) is 0 Å². The van der Waals surface area contributed by atoms with Crippen LogP contribution in [0.4, 0.5) is 18.9 Å². The number of aryl methyl sites for hydroxylation is 1. The Balaban J connectivity index is 1.85. The van der Waals surface area contributed by atoms with E-state index < -0.39 is 26.1 Å². The molecule has 0 bridgehead atoms. The van der Waals surface area contributed by atoms with E-state index in [1.807, 2.05) is 0 Å². The van der Waals surface area contributed by atoms with Gasteiger partial charge >= 0.3 is 5.51 Å². The molecule has 0 spiro atoms. The van der Waals surface area contributed by atoms with Gasteiger partial charge in [0.15, 0.2) is 0 Å². The third kappa shape index (κ3) is 4.18. The zero-order chi connectivity index (χ0) is 22.1. The second-order valence-corrected chi connectivity index (χ2v) is 8.87. The van der Waals surface area contributed by atoms with Crippen LogP contribution in [0.25, 0.3) is 0 Å².